The molecule has 0 spiro atoms. The zero-order valence-corrected chi connectivity index (χ0v) is 10.1. The molecule has 4 nitrogen and oxygen atoms in total. The van der Waals surface area contributed by atoms with Crippen LogP contribution in [0.3, 0.4) is 0 Å². The van der Waals surface area contributed by atoms with Crippen LogP contribution < -0.4 is 10.5 Å². The van der Waals surface area contributed by atoms with Crippen molar-refractivity contribution in [2.75, 3.05) is 5.73 Å². The topological polar surface area (TPSA) is 61.0 Å². The van der Waals surface area contributed by atoms with Gasteiger partial charge >= 0.3 is 6.01 Å². The van der Waals surface area contributed by atoms with Crippen LogP contribution in [0, 0.1) is 5.92 Å². The van der Waals surface area contributed by atoms with Gasteiger partial charge in [-0.1, -0.05) is 13.8 Å². The van der Waals surface area contributed by atoms with Crippen molar-refractivity contribution in [2.45, 2.75) is 26.9 Å². The van der Waals surface area contributed by atoms with Gasteiger partial charge in [0, 0.05) is 6.07 Å². The molecule has 1 rings (SSSR count). The quantitative estimate of drug-likeness (QED) is 0.846. The maximum atomic E-state index is 5.55. The Morgan fingerprint density at radius 2 is 2.00 bits per heavy atom. The second-order valence-electron chi connectivity index (χ2n) is 3.47. The first-order valence-electron chi connectivity index (χ1n) is 4.45. The van der Waals surface area contributed by atoms with Crippen LogP contribution in [0.25, 0.3) is 0 Å². The number of nitrogen functional groups attached to an aromatic ring is 1. The van der Waals surface area contributed by atoms with Gasteiger partial charge in [0.25, 0.3) is 0 Å². The molecule has 0 radical (unpaired) electrons. The number of aromatic nitrogens is 2. The summed E-state index contributed by atoms with van der Waals surface area (Å²) < 4.78 is 6.14. The summed E-state index contributed by atoms with van der Waals surface area (Å²) in [6.07, 6.45) is 0.0729. The van der Waals surface area contributed by atoms with Gasteiger partial charge in [0.05, 0.1) is 0 Å². The van der Waals surface area contributed by atoms with Crippen molar-refractivity contribution in [2.24, 2.45) is 5.92 Å². The monoisotopic (exact) mass is 259 g/mol. The van der Waals surface area contributed by atoms with E-state index in [1.54, 1.807) is 6.07 Å². The number of nitrogens with two attached hydrogens (primary N) is 1. The number of halogens is 1. The van der Waals surface area contributed by atoms with Crippen molar-refractivity contribution in [3.8, 4) is 6.01 Å². The SMILES string of the molecule is CC(C)C(C)Oc1nc(N)cc(Br)n1. The fourth-order valence-corrected chi connectivity index (χ4v) is 1.15. The first-order chi connectivity index (χ1) is 6.49. The van der Waals surface area contributed by atoms with Gasteiger partial charge < -0.3 is 10.5 Å². The molecule has 5 heteroatoms. The Morgan fingerprint density at radius 3 is 2.50 bits per heavy atom. The minimum absolute atomic E-state index is 0.0729. The third kappa shape index (κ3) is 3.14. The molecule has 78 valence electrons. The number of nitrogens with zero attached hydrogens (tertiary/aromatic N) is 2. The van der Waals surface area contributed by atoms with Crippen LogP contribution in [0.15, 0.2) is 10.7 Å². The lowest BCUT2D eigenvalue weighted by molar-refractivity contribution is 0.156. The van der Waals surface area contributed by atoms with E-state index in [1.807, 2.05) is 6.92 Å². The minimum Gasteiger partial charge on any atom is -0.460 e. The van der Waals surface area contributed by atoms with Crippen LogP contribution in [0.2, 0.25) is 0 Å². The highest BCUT2D eigenvalue weighted by atomic mass is 79.9. The van der Waals surface area contributed by atoms with Crippen LogP contribution in [0.1, 0.15) is 20.8 Å². The van der Waals surface area contributed by atoms with Crippen LogP contribution >= 0.6 is 15.9 Å². The zero-order valence-electron chi connectivity index (χ0n) is 8.49. The van der Waals surface area contributed by atoms with Crippen molar-refractivity contribution in [1.29, 1.82) is 0 Å². The molecule has 0 amide bonds. The molecule has 1 unspecified atom stereocenters. The Hall–Kier alpha value is -0.840. The summed E-state index contributed by atoms with van der Waals surface area (Å²) in [5.74, 6) is 0.816. The molecule has 2 N–H and O–H groups in total. The molecular formula is C9H14BrN3O. The van der Waals surface area contributed by atoms with E-state index in [0.717, 1.165) is 0 Å². The van der Waals surface area contributed by atoms with E-state index in [-0.39, 0.29) is 6.10 Å². The van der Waals surface area contributed by atoms with E-state index in [1.165, 1.54) is 0 Å². The van der Waals surface area contributed by atoms with E-state index in [0.29, 0.717) is 22.3 Å². The van der Waals surface area contributed by atoms with E-state index < -0.39 is 0 Å². The van der Waals surface area contributed by atoms with E-state index in [4.69, 9.17) is 10.5 Å². The number of hydrogen-bond donors (Lipinski definition) is 1. The van der Waals surface area contributed by atoms with Gasteiger partial charge in [0.2, 0.25) is 0 Å². The maximum Gasteiger partial charge on any atom is 0.319 e. The smallest absolute Gasteiger partial charge is 0.319 e. The van der Waals surface area contributed by atoms with Gasteiger partial charge in [-0.05, 0) is 28.8 Å². The second kappa shape index (κ2) is 4.59. The van der Waals surface area contributed by atoms with Gasteiger partial charge in [0.15, 0.2) is 0 Å². The molecular weight excluding hydrogens is 246 g/mol. The third-order valence-corrected chi connectivity index (χ3v) is 2.33. The summed E-state index contributed by atoms with van der Waals surface area (Å²) in [7, 11) is 0. The third-order valence-electron chi connectivity index (χ3n) is 1.92. The van der Waals surface area contributed by atoms with Gasteiger partial charge in [-0.25, -0.2) is 0 Å². The van der Waals surface area contributed by atoms with Crippen LogP contribution in [-0.2, 0) is 0 Å². The summed E-state index contributed by atoms with van der Waals surface area (Å²) in [6, 6.07) is 1.95. The predicted molar refractivity (Wildman–Crippen MR) is 59.1 cm³/mol. The maximum absolute atomic E-state index is 5.55. The lowest BCUT2D eigenvalue weighted by Crippen LogP contribution is -2.20. The second-order valence-corrected chi connectivity index (χ2v) is 4.28. The Bertz CT molecular complexity index is 297. The Kier molecular flexibility index (Phi) is 3.69. The normalized spacial score (nSPS) is 12.9. The molecule has 14 heavy (non-hydrogen) atoms. The molecule has 1 heterocycles. The van der Waals surface area contributed by atoms with Gasteiger partial charge in [0.1, 0.15) is 16.5 Å². The average Bonchev–Trinajstić information content (AvgIpc) is 2.01. The van der Waals surface area contributed by atoms with Crippen LogP contribution in [-0.4, -0.2) is 16.1 Å². The van der Waals surface area contributed by atoms with Gasteiger partial charge in [-0.2, -0.15) is 9.97 Å². The lowest BCUT2D eigenvalue weighted by Gasteiger charge is -2.16. The minimum atomic E-state index is 0.0729. The summed E-state index contributed by atoms with van der Waals surface area (Å²) >= 11 is 3.23. The molecule has 0 aliphatic carbocycles. The molecule has 1 aromatic rings. The molecule has 1 atom stereocenters. The summed E-state index contributed by atoms with van der Waals surface area (Å²) in [6.45, 7) is 6.13. The summed E-state index contributed by atoms with van der Waals surface area (Å²) in [4.78, 5) is 8.03. The molecule has 0 saturated heterocycles. The van der Waals surface area contributed by atoms with E-state index in [2.05, 4.69) is 39.7 Å². The Labute approximate surface area is 92.0 Å². The molecule has 0 aliphatic rings. The summed E-state index contributed by atoms with van der Waals surface area (Å²) in [5, 5.41) is 0. The highest BCUT2D eigenvalue weighted by Crippen LogP contribution is 2.16. The zero-order chi connectivity index (χ0) is 10.7. The Balaban J connectivity index is 2.76. The van der Waals surface area contributed by atoms with Crippen molar-refractivity contribution in [3.63, 3.8) is 0 Å². The molecule has 0 aliphatic heterocycles. The number of hydrogen-bond acceptors (Lipinski definition) is 4. The lowest BCUT2D eigenvalue weighted by atomic mass is 10.1. The van der Waals surface area contributed by atoms with Gasteiger partial charge in [-0.15, -0.1) is 0 Å². The summed E-state index contributed by atoms with van der Waals surface area (Å²) in [5.41, 5.74) is 5.55. The van der Waals surface area contributed by atoms with Crippen molar-refractivity contribution < 1.29 is 4.74 Å². The molecule has 0 fully saturated rings. The van der Waals surface area contributed by atoms with Crippen LogP contribution in [0.5, 0.6) is 6.01 Å². The average molecular weight is 260 g/mol. The molecule has 1 aromatic heterocycles. The highest BCUT2D eigenvalue weighted by molar-refractivity contribution is 9.10. The van der Waals surface area contributed by atoms with Crippen LogP contribution in [0.4, 0.5) is 5.82 Å². The fraction of sp³-hybridized carbons (Fsp3) is 0.556. The van der Waals surface area contributed by atoms with E-state index in [9.17, 15) is 0 Å². The number of anilines is 1. The van der Waals surface area contributed by atoms with E-state index >= 15 is 0 Å². The fourth-order valence-electron chi connectivity index (χ4n) is 0.768. The molecule has 0 saturated carbocycles. The first kappa shape index (κ1) is 11.2. The van der Waals surface area contributed by atoms with Crippen molar-refractivity contribution in [1.82, 2.24) is 9.97 Å². The molecule has 0 aromatic carbocycles. The van der Waals surface area contributed by atoms with Crippen molar-refractivity contribution in [3.05, 3.63) is 10.7 Å². The predicted octanol–water partition coefficient (Wildman–Crippen LogP) is 2.24. The highest BCUT2D eigenvalue weighted by Gasteiger charge is 2.11. The number of rotatable bonds is 3. The number of ether oxygens (including phenoxy) is 1. The van der Waals surface area contributed by atoms with Crippen molar-refractivity contribution >= 4 is 21.7 Å². The first-order valence-corrected chi connectivity index (χ1v) is 5.25. The van der Waals surface area contributed by atoms with Gasteiger partial charge in [-0.3, -0.25) is 0 Å². The largest absolute Gasteiger partial charge is 0.460 e. The molecule has 0 bridgehead atoms. The standard InChI is InChI=1S/C9H14BrN3O/c1-5(2)6(3)14-9-12-7(10)4-8(11)13-9/h4-6H,1-3H3,(H2,11,12,13). The Morgan fingerprint density at radius 1 is 1.36 bits per heavy atom.